The van der Waals surface area contributed by atoms with Gasteiger partial charge < -0.3 is 9.80 Å². The maximum absolute atomic E-state index is 4.37. The molecule has 0 atom stereocenters. The van der Waals surface area contributed by atoms with Crippen molar-refractivity contribution in [3.05, 3.63) is 30.8 Å². The van der Waals surface area contributed by atoms with Gasteiger partial charge in [-0.25, -0.2) is 4.98 Å². The molecule has 1 aliphatic rings. The first-order valence-corrected chi connectivity index (χ1v) is 4.98. The molecule has 3 heteroatoms. The fraction of sp³-hybridized carbons (Fsp3) is 0.455. The second-order valence-electron chi connectivity index (χ2n) is 3.78. The van der Waals surface area contributed by atoms with Crippen molar-refractivity contribution in [1.29, 1.82) is 0 Å². The second-order valence-corrected chi connectivity index (χ2v) is 3.78. The lowest BCUT2D eigenvalue weighted by Crippen LogP contribution is -2.45. The maximum atomic E-state index is 4.37. The molecule has 1 aromatic heterocycles. The molecule has 0 unspecified atom stereocenters. The lowest BCUT2D eigenvalue weighted by Gasteiger charge is -2.33. The number of aromatic nitrogens is 1. The molecule has 0 amide bonds. The smallest absolute Gasteiger partial charge is 0.131 e. The number of piperazine rings is 1. The van der Waals surface area contributed by atoms with E-state index in [4.69, 9.17) is 0 Å². The number of pyridine rings is 1. The molecule has 0 N–H and O–H groups in total. The van der Waals surface area contributed by atoms with Crippen LogP contribution in [0.1, 0.15) is 5.56 Å². The second kappa shape index (κ2) is 3.96. The summed E-state index contributed by atoms with van der Waals surface area (Å²) in [6, 6.07) is 3.95. The molecule has 1 aromatic rings. The number of anilines is 1. The standard InChI is InChI=1S/C11H16N3/c1-10-4-3-5-12-11(10)14-8-6-13(2)7-9-14/h3-5H,1,6-9H2,2H3. The zero-order valence-electron chi connectivity index (χ0n) is 8.61. The molecule has 1 radical (unpaired) electrons. The molecule has 0 saturated carbocycles. The van der Waals surface area contributed by atoms with Gasteiger partial charge in [-0.3, -0.25) is 0 Å². The zero-order chi connectivity index (χ0) is 9.97. The molecule has 75 valence electrons. The van der Waals surface area contributed by atoms with E-state index in [1.165, 1.54) is 0 Å². The Morgan fingerprint density at radius 1 is 1.29 bits per heavy atom. The topological polar surface area (TPSA) is 19.4 Å². The number of hydrogen-bond acceptors (Lipinski definition) is 3. The van der Waals surface area contributed by atoms with Gasteiger partial charge in [-0.1, -0.05) is 6.07 Å². The van der Waals surface area contributed by atoms with Crippen LogP contribution in [0.3, 0.4) is 0 Å². The molecule has 1 fully saturated rings. The van der Waals surface area contributed by atoms with Gasteiger partial charge in [0.25, 0.3) is 0 Å². The van der Waals surface area contributed by atoms with E-state index < -0.39 is 0 Å². The average molecular weight is 190 g/mol. The van der Waals surface area contributed by atoms with Gasteiger partial charge in [0.15, 0.2) is 0 Å². The summed E-state index contributed by atoms with van der Waals surface area (Å²) in [4.78, 5) is 9.02. The summed E-state index contributed by atoms with van der Waals surface area (Å²) < 4.78 is 0. The van der Waals surface area contributed by atoms with Crippen molar-refractivity contribution in [1.82, 2.24) is 9.88 Å². The minimum atomic E-state index is 1.03. The fourth-order valence-electron chi connectivity index (χ4n) is 1.73. The predicted octanol–water partition coefficient (Wildman–Crippen LogP) is 1.02. The van der Waals surface area contributed by atoms with Gasteiger partial charge in [-0.2, -0.15) is 0 Å². The Hall–Kier alpha value is -1.09. The van der Waals surface area contributed by atoms with Gasteiger partial charge in [0.1, 0.15) is 5.82 Å². The lowest BCUT2D eigenvalue weighted by molar-refractivity contribution is 0.312. The summed E-state index contributed by atoms with van der Waals surface area (Å²) in [6.07, 6.45) is 1.84. The van der Waals surface area contributed by atoms with Crippen LogP contribution in [0.15, 0.2) is 18.3 Å². The Morgan fingerprint density at radius 3 is 2.64 bits per heavy atom. The quantitative estimate of drug-likeness (QED) is 0.659. The Kier molecular flexibility index (Phi) is 2.68. The molecule has 0 spiro atoms. The number of rotatable bonds is 1. The molecular weight excluding hydrogens is 174 g/mol. The van der Waals surface area contributed by atoms with Crippen LogP contribution in [0, 0.1) is 6.92 Å². The van der Waals surface area contributed by atoms with E-state index in [0.717, 1.165) is 37.6 Å². The Balaban J connectivity index is 2.12. The van der Waals surface area contributed by atoms with Crippen molar-refractivity contribution in [2.75, 3.05) is 38.1 Å². The number of hydrogen-bond donors (Lipinski definition) is 0. The third-order valence-electron chi connectivity index (χ3n) is 2.67. The predicted molar refractivity (Wildman–Crippen MR) is 58.4 cm³/mol. The number of nitrogens with zero attached hydrogens (tertiary/aromatic N) is 3. The van der Waals surface area contributed by atoms with Crippen LogP contribution >= 0.6 is 0 Å². The van der Waals surface area contributed by atoms with Crippen molar-refractivity contribution < 1.29 is 0 Å². The normalized spacial score (nSPS) is 18.6. The van der Waals surface area contributed by atoms with Crippen molar-refractivity contribution in [3.8, 4) is 0 Å². The van der Waals surface area contributed by atoms with Crippen LogP contribution in [-0.2, 0) is 0 Å². The monoisotopic (exact) mass is 190 g/mol. The van der Waals surface area contributed by atoms with E-state index in [2.05, 4.69) is 28.8 Å². The van der Waals surface area contributed by atoms with Crippen molar-refractivity contribution in [2.45, 2.75) is 0 Å². The minimum Gasteiger partial charge on any atom is -0.354 e. The van der Waals surface area contributed by atoms with Gasteiger partial charge in [0.05, 0.1) is 0 Å². The molecule has 3 nitrogen and oxygen atoms in total. The largest absolute Gasteiger partial charge is 0.354 e. The Morgan fingerprint density at radius 2 is 2.00 bits per heavy atom. The molecule has 2 heterocycles. The minimum absolute atomic E-state index is 1.03. The SMILES string of the molecule is [CH2]c1cccnc1N1CCN(C)CC1. The van der Waals surface area contributed by atoms with E-state index in [-0.39, 0.29) is 0 Å². The molecule has 1 saturated heterocycles. The highest BCUT2D eigenvalue weighted by Crippen LogP contribution is 2.16. The van der Waals surface area contributed by atoms with Gasteiger partial charge in [-0.15, -0.1) is 0 Å². The van der Waals surface area contributed by atoms with Crippen LogP contribution in [0.5, 0.6) is 0 Å². The van der Waals surface area contributed by atoms with Crippen LogP contribution in [0.2, 0.25) is 0 Å². The van der Waals surface area contributed by atoms with Gasteiger partial charge in [0.2, 0.25) is 0 Å². The van der Waals surface area contributed by atoms with Crippen LogP contribution in [0.4, 0.5) is 5.82 Å². The van der Waals surface area contributed by atoms with Crippen molar-refractivity contribution in [2.24, 2.45) is 0 Å². The summed E-state index contributed by atoms with van der Waals surface area (Å²) >= 11 is 0. The summed E-state index contributed by atoms with van der Waals surface area (Å²) in [5.41, 5.74) is 1.03. The summed E-state index contributed by atoms with van der Waals surface area (Å²) in [5, 5.41) is 0. The van der Waals surface area contributed by atoms with Gasteiger partial charge in [0, 0.05) is 32.4 Å². The summed E-state index contributed by atoms with van der Waals surface area (Å²) in [5.74, 6) is 1.04. The fourth-order valence-corrected chi connectivity index (χ4v) is 1.73. The number of likely N-dealkylation sites (N-methyl/N-ethyl adjacent to an activating group) is 1. The molecule has 1 aliphatic heterocycles. The average Bonchev–Trinajstić information content (AvgIpc) is 2.20. The van der Waals surface area contributed by atoms with Crippen molar-refractivity contribution >= 4 is 5.82 Å². The van der Waals surface area contributed by atoms with E-state index >= 15 is 0 Å². The molecule has 0 aliphatic carbocycles. The first kappa shape index (κ1) is 9.46. The lowest BCUT2D eigenvalue weighted by atomic mass is 10.2. The highest BCUT2D eigenvalue weighted by Gasteiger charge is 2.16. The van der Waals surface area contributed by atoms with Gasteiger partial charge in [-0.05, 0) is 25.6 Å². The third kappa shape index (κ3) is 1.87. The van der Waals surface area contributed by atoms with E-state index in [0.29, 0.717) is 0 Å². The molecule has 14 heavy (non-hydrogen) atoms. The molecule has 0 aromatic carbocycles. The third-order valence-corrected chi connectivity index (χ3v) is 2.67. The first-order valence-electron chi connectivity index (χ1n) is 4.98. The Bertz CT molecular complexity index is 303. The van der Waals surface area contributed by atoms with E-state index in [1.54, 1.807) is 0 Å². The van der Waals surface area contributed by atoms with Crippen LogP contribution in [0.25, 0.3) is 0 Å². The molecule has 0 bridgehead atoms. The Labute approximate surface area is 85.4 Å². The highest BCUT2D eigenvalue weighted by molar-refractivity contribution is 5.48. The molecular formula is C11H16N3. The first-order chi connectivity index (χ1) is 6.77. The van der Waals surface area contributed by atoms with Crippen molar-refractivity contribution in [3.63, 3.8) is 0 Å². The van der Waals surface area contributed by atoms with Crippen LogP contribution in [-0.4, -0.2) is 43.1 Å². The van der Waals surface area contributed by atoms with E-state index in [9.17, 15) is 0 Å². The zero-order valence-corrected chi connectivity index (χ0v) is 8.61. The van der Waals surface area contributed by atoms with Gasteiger partial charge >= 0.3 is 0 Å². The maximum Gasteiger partial charge on any atom is 0.131 e. The summed E-state index contributed by atoms with van der Waals surface area (Å²) in [6.45, 7) is 8.31. The molecule has 2 rings (SSSR count). The summed E-state index contributed by atoms with van der Waals surface area (Å²) in [7, 11) is 2.15. The van der Waals surface area contributed by atoms with Crippen LogP contribution < -0.4 is 4.90 Å². The van der Waals surface area contributed by atoms with E-state index in [1.807, 2.05) is 18.3 Å². The highest BCUT2D eigenvalue weighted by atomic mass is 15.3.